The number of benzene rings is 7. The van der Waals surface area contributed by atoms with Gasteiger partial charge in [-0.05, 0) is 60.7 Å². The summed E-state index contributed by atoms with van der Waals surface area (Å²) in [7, 11) is -0.365. The van der Waals surface area contributed by atoms with Crippen molar-refractivity contribution < 1.29 is 8.78 Å². The van der Waals surface area contributed by atoms with Crippen molar-refractivity contribution in [2.75, 3.05) is 0 Å². The number of halogens is 2. The van der Waals surface area contributed by atoms with E-state index in [1.807, 2.05) is 30.3 Å². The molecule has 0 aliphatic carbocycles. The van der Waals surface area contributed by atoms with Crippen molar-refractivity contribution in [3.63, 3.8) is 0 Å². The predicted molar refractivity (Wildman–Crippen MR) is 191 cm³/mol. The van der Waals surface area contributed by atoms with Gasteiger partial charge in [-0.2, -0.15) is 0 Å². The molecule has 0 aliphatic rings. The summed E-state index contributed by atoms with van der Waals surface area (Å²) in [4.78, 5) is 3.14. The zero-order valence-electron chi connectivity index (χ0n) is 25.3. The first-order chi connectivity index (χ1) is 22.7. The Morgan fingerprint density at radius 3 is 0.804 bits per heavy atom. The van der Waals surface area contributed by atoms with Crippen molar-refractivity contribution >= 4 is 42.4 Å². The van der Waals surface area contributed by atoms with E-state index in [2.05, 4.69) is 121 Å². The van der Waals surface area contributed by atoms with Crippen LogP contribution in [-0.2, 0) is 10.9 Å². The van der Waals surface area contributed by atoms with E-state index in [0.29, 0.717) is 0 Å². The van der Waals surface area contributed by atoms with Crippen LogP contribution in [0.2, 0.25) is 0 Å². The second kappa shape index (κ2) is 15.1. The number of hydrogen-bond acceptors (Lipinski definition) is 0. The second-order valence-corrected chi connectivity index (χ2v) is 22.3. The molecule has 0 unspecified atom stereocenters. The first-order valence-electron chi connectivity index (χ1n) is 15.3. The molecule has 0 saturated heterocycles. The maximum absolute atomic E-state index is 13.2. The van der Waals surface area contributed by atoms with Crippen LogP contribution >= 0.6 is 0 Å². The van der Waals surface area contributed by atoms with E-state index in [9.17, 15) is 8.78 Å². The third kappa shape index (κ3) is 6.95. The Morgan fingerprint density at radius 2 is 0.522 bits per heavy atom. The van der Waals surface area contributed by atoms with Crippen LogP contribution < -0.4 is 16.5 Å². The molecule has 0 bridgehead atoms. The van der Waals surface area contributed by atoms with Gasteiger partial charge in [0.15, 0.2) is 14.7 Å². The van der Waals surface area contributed by atoms with Crippen molar-refractivity contribution in [2.45, 2.75) is 14.7 Å². The van der Waals surface area contributed by atoms with Crippen LogP contribution in [0.25, 0.3) is 0 Å². The van der Waals surface area contributed by atoms with E-state index in [0.717, 1.165) is 14.7 Å². The Bertz CT molecular complexity index is 1710. The van der Waals surface area contributed by atoms with Gasteiger partial charge in [0.05, 0.1) is 10.9 Å². The van der Waals surface area contributed by atoms with Gasteiger partial charge in [-0.15, -0.1) is 0 Å². The molecule has 46 heavy (non-hydrogen) atoms. The van der Waals surface area contributed by atoms with Gasteiger partial charge in [0, 0.05) is 0 Å². The van der Waals surface area contributed by atoms with E-state index in [-0.39, 0.29) is 22.5 Å². The minimum atomic E-state index is -3.21. The van der Waals surface area contributed by atoms with Gasteiger partial charge in [0.1, 0.15) is 11.6 Å². The van der Waals surface area contributed by atoms with Crippen LogP contribution in [0.1, 0.15) is 0 Å². The van der Waals surface area contributed by atoms with Gasteiger partial charge >= 0.3 is 153 Å². The predicted octanol–water partition coefficient (Wildman–Crippen LogP) is 8.12. The fourth-order valence-electron chi connectivity index (χ4n) is 6.23. The molecule has 0 amide bonds. The molecule has 0 atom stereocenters. The number of rotatable bonds is 7. The van der Waals surface area contributed by atoms with Crippen LogP contribution in [0.5, 0.6) is 0 Å². The fourth-order valence-corrected chi connectivity index (χ4v) is 19.8. The molecule has 0 heterocycles. The summed E-state index contributed by atoms with van der Waals surface area (Å²) in [5.41, 5.74) is 0. The van der Waals surface area contributed by atoms with Gasteiger partial charge < -0.3 is 0 Å². The Balaban J connectivity index is 0.000000164. The summed E-state index contributed by atoms with van der Waals surface area (Å²) in [6, 6.07) is 67.4. The van der Waals surface area contributed by atoms with Gasteiger partial charge in [-0.1, -0.05) is 18.2 Å². The summed E-state index contributed by atoms with van der Waals surface area (Å²) in [6.07, 6.45) is 0. The summed E-state index contributed by atoms with van der Waals surface area (Å²) in [6.45, 7) is 0. The number of hydrogen-bond donors (Lipinski definition) is 0. The third-order valence-corrected chi connectivity index (χ3v) is 22.1. The molecule has 7 rings (SSSR count). The average molecular weight is 678 g/mol. The third-order valence-electron chi connectivity index (χ3n) is 8.28. The van der Waals surface area contributed by atoms with Gasteiger partial charge in [0.2, 0.25) is 0 Å². The van der Waals surface area contributed by atoms with Crippen LogP contribution in [0, 0.1) is 11.6 Å². The van der Waals surface area contributed by atoms with Crippen LogP contribution in [0.3, 0.4) is 0 Å². The van der Waals surface area contributed by atoms with E-state index in [1.54, 1.807) is 24.3 Å². The Kier molecular flexibility index (Phi) is 10.3. The SMILES string of the molecule is Fc1ccc([S+](c2ccccc2)c2ccc(F)cc2)cc1.c1cc[c]([Ga-]([c]2ccccc2)([c]2ccccc2)[c]2ccccc2)cc1. The molecule has 0 nitrogen and oxygen atoms in total. The summed E-state index contributed by atoms with van der Waals surface area (Å²) < 4.78 is 32.2. The zero-order chi connectivity index (χ0) is 31.6. The van der Waals surface area contributed by atoms with Crippen molar-refractivity contribution in [3.8, 4) is 0 Å². The van der Waals surface area contributed by atoms with Gasteiger partial charge in [-0.3, -0.25) is 0 Å². The molecule has 7 aromatic carbocycles. The maximum atomic E-state index is 13.2. The molecular weight excluding hydrogens is 644 g/mol. The van der Waals surface area contributed by atoms with Gasteiger partial charge in [0.25, 0.3) is 0 Å². The van der Waals surface area contributed by atoms with E-state index >= 15 is 0 Å². The quantitative estimate of drug-likeness (QED) is 0.118. The normalized spacial score (nSPS) is 11.0. The molecular formula is C42H33F2GaS. The molecule has 0 aliphatic heterocycles. The summed E-state index contributed by atoms with van der Waals surface area (Å²) in [5.74, 6) is -0.510. The van der Waals surface area contributed by atoms with E-state index < -0.39 is 15.0 Å². The molecule has 224 valence electrons. The standard InChI is InChI=1S/C18H13F2S.4C6H5.Ga/c19-14-6-10-17(11-7-14)21(16-4-2-1-3-5-16)18-12-8-15(20)9-13-18;4*1-2-4-6-5-3-1;/h1-13H;4*1-5H;/q+1;;;;;-1. The van der Waals surface area contributed by atoms with Crippen LogP contribution in [-0.4, -0.2) is 15.0 Å². The van der Waals surface area contributed by atoms with Crippen molar-refractivity contribution in [2.24, 2.45) is 0 Å². The van der Waals surface area contributed by atoms with Crippen molar-refractivity contribution in [1.82, 2.24) is 0 Å². The van der Waals surface area contributed by atoms with Crippen molar-refractivity contribution in [3.05, 3.63) is 212 Å². The zero-order valence-corrected chi connectivity index (χ0v) is 28.5. The molecule has 0 N–H and O–H groups in total. The monoisotopic (exact) mass is 676 g/mol. The molecule has 0 radical (unpaired) electrons. The summed E-state index contributed by atoms with van der Waals surface area (Å²) >= 11 is -3.21. The Morgan fingerprint density at radius 1 is 0.283 bits per heavy atom. The van der Waals surface area contributed by atoms with Crippen LogP contribution in [0.15, 0.2) is 215 Å². The van der Waals surface area contributed by atoms with E-state index in [1.165, 1.54) is 40.7 Å². The topological polar surface area (TPSA) is 0 Å². The average Bonchev–Trinajstić information content (AvgIpc) is 3.13. The Hall–Kier alpha value is -4.61. The molecule has 4 heteroatoms. The van der Waals surface area contributed by atoms with E-state index in [4.69, 9.17) is 0 Å². The van der Waals surface area contributed by atoms with Gasteiger partial charge in [-0.25, -0.2) is 8.78 Å². The molecule has 0 aromatic heterocycles. The Labute approximate surface area is 276 Å². The van der Waals surface area contributed by atoms with Crippen LogP contribution in [0.4, 0.5) is 8.78 Å². The molecule has 0 fully saturated rings. The molecule has 0 saturated carbocycles. The minimum absolute atomic E-state index is 0.255. The fraction of sp³-hybridized carbons (Fsp3) is 0. The second-order valence-electron chi connectivity index (χ2n) is 11.0. The molecule has 0 spiro atoms. The molecule has 7 aromatic rings. The first kappa shape index (κ1) is 31.4. The summed E-state index contributed by atoms with van der Waals surface area (Å²) in [5, 5.41) is 0. The first-order valence-corrected chi connectivity index (χ1v) is 21.4. The van der Waals surface area contributed by atoms with Crippen molar-refractivity contribution in [1.29, 1.82) is 0 Å².